The first kappa shape index (κ1) is 15.2. The lowest BCUT2D eigenvalue weighted by Crippen LogP contribution is -2.30. The van der Waals surface area contributed by atoms with Gasteiger partial charge < -0.3 is 9.84 Å². The first-order chi connectivity index (χ1) is 10.6. The molecule has 3 nitrogen and oxygen atoms in total. The van der Waals surface area contributed by atoms with E-state index in [0.29, 0.717) is 6.61 Å². The summed E-state index contributed by atoms with van der Waals surface area (Å²) in [5.74, 6) is 0.366. The number of aryl methyl sites for hydroxylation is 1. The van der Waals surface area contributed by atoms with E-state index in [1.54, 1.807) is 7.11 Å². The van der Waals surface area contributed by atoms with Gasteiger partial charge in [-0.05, 0) is 36.6 Å². The predicted octanol–water partition coefficient (Wildman–Crippen LogP) is 3.02. The van der Waals surface area contributed by atoms with Crippen LogP contribution in [0.3, 0.4) is 0 Å². The highest BCUT2D eigenvalue weighted by Gasteiger charge is 2.41. The monoisotopic (exact) mass is 297 g/mol. The number of aliphatic hydroxyl groups excluding tert-OH is 1. The minimum atomic E-state index is 0.0760. The Balaban J connectivity index is 2.15. The second-order valence-corrected chi connectivity index (χ2v) is 6.34. The second-order valence-electron chi connectivity index (χ2n) is 6.34. The van der Waals surface area contributed by atoms with Gasteiger partial charge in [0.1, 0.15) is 0 Å². The smallest absolute Gasteiger partial charge is 0.0698 e. The van der Waals surface area contributed by atoms with E-state index in [-0.39, 0.29) is 24.5 Å². The van der Waals surface area contributed by atoms with E-state index in [9.17, 15) is 5.11 Å². The SMILES string of the molecule is C=C(C)C1=NC2C(COC)C=C(CO)C2c2ccc(C)cc21. The molecule has 1 N–H and O–H groups in total. The van der Waals surface area contributed by atoms with E-state index in [2.05, 4.69) is 37.8 Å². The van der Waals surface area contributed by atoms with E-state index >= 15 is 0 Å². The lowest BCUT2D eigenvalue weighted by molar-refractivity contribution is 0.160. The maximum Gasteiger partial charge on any atom is 0.0698 e. The molecule has 0 bridgehead atoms. The van der Waals surface area contributed by atoms with Crippen LogP contribution in [0, 0.1) is 12.8 Å². The summed E-state index contributed by atoms with van der Waals surface area (Å²) in [4.78, 5) is 5.00. The summed E-state index contributed by atoms with van der Waals surface area (Å²) in [5.41, 5.74) is 6.66. The zero-order chi connectivity index (χ0) is 15.9. The van der Waals surface area contributed by atoms with Crippen molar-refractivity contribution in [2.75, 3.05) is 20.3 Å². The summed E-state index contributed by atoms with van der Waals surface area (Å²) in [6.07, 6.45) is 2.15. The van der Waals surface area contributed by atoms with Gasteiger partial charge in [-0.3, -0.25) is 4.99 Å². The Morgan fingerprint density at radius 1 is 1.41 bits per heavy atom. The van der Waals surface area contributed by atoms with Crippen LogP contribution in [-0.4, -0.2) is 37.2 Å². The van der Waals surface area contributed by atoms with Crippen LogP contribution in [0.2, 0.25) is 0 Å². The zero-order valence-electron chi connectivity index (χ0n) is 13.5. The molecule has 0 saturated carbocycles. The summed E-state index contributed by atoms with van der Waals surface area (Å²) in [6.45, 7) is 8.90. The molecule has 116 valence electrons. The van der Waals surface area contributed by atoms with Crippen LogP contribution in [-0.2, 0) is 4.74 Å². The molecule has 0 saturated heterocycles. The number of nitrogens with zero attached hydrogens (tertiary/aromatic N) is 1. The predicted molar refractivity (Wildman–Crippen MR) is 89.6 cm³/mol. The fourth-order valence-corrected chi connectivity index (χ4v) is 3.69. The average Bonchev–Trinajstić information content (AvgIpc) is 2.84. The van der Waals surface area contributed by atoms with Gasteiger partial charge in [0.2, 0.25) is 0 Å². The van der Waals surface area contributed by atoms with Crippen LogP contribution in [0.1, 0.15) is 29.5 Å². The average molecular weight is 297 g/mol. The molecule has 1 aliphatic heterocycles. The van der Waals surface area contributed by atoms with Gasteiger partial charge in [0.25, 0.3) is 0 Å². The third-order valence-corrected chi connectivity index (χ3v) is 4.63. The fraction of sp³-hybridized carbons (Fsp3) is 0.421. The van der Waals surface area contributed by atoms with Crippen molar-refractivity contribution in [2.24, 2.45) is 10.9 Å². The maximum atomic E-state index is 9.77. The van der Waals surface area contributed by atoms with Gasteiger partial charge in [-0.2, -0.15) is 0 Å². The molecule has 0 aromatic heterocycles. The number of fused-ring (bicyclic) bond motifs is 3. The van der Waals surface area contributed by atoms with Gasteiger partial charge in [-0.25, -0.2) is 0 Å². The number of methoxy groups -OCH3 is 1. The number of hydrogen-bond donors (Lipinski definition) is 1. The van der Waals surface area contributed by atoms with E-state index in [1.165, 1.54) is 11.1 Å². The Hall–Kier alpha value is -1.71. The van der Waals surface area contributed by atoms with Gasteiger partial charge in [0, 0.05) is 24.5 Å². The topological polar surface area (TPSA) is 41.8 Å². The largest absolute Gasteiger partial charge is 0.392 e. The summed E-state index contributed by atoms with van der Waals surface area (Å²) in [6, 6.07) is 6.59. The van der Waals surface area contributed by atoms with Crippen molar-refractivity contribution in [1.82, 2.24) is 0 Å². The first-order valence-electron chi connectivity index (χ1n) is 7.71. The Labute approximate surface area is 132 Å². The third kappa shape index (κ3) is 2.34. The van der Waals surface area contributed by atoms with Crippen molar-refractivity contribution in [1.29, 1.82) is 0 Å². The van der Waals surface area contributed by atoms with Crippen LogP contribution in [0.25, 0.3) is 0 Å². The minimum Gasteiger partial charge on any atom is -0.392 e. The summed E-state index contributed by atoms with van der Waals surface area (Å²) >= 11 is 0. The molecular formula is C19H23NO2. The Bertz CT molecular complexity index is 672. The maximum absolute atomic E-state index is 9.77. The van der Waals surface area contributed by atoms with Crippen molar-refractivity contribution in [3.8, 4) is 0 Å². The molecule has 3 heteroatoms. The highest BCUT2D eigenvalue weighted by Crippen LogP contribution is 2.45. The van der Waals surface area contributed by atoms with Crippen molar-refractivity contribution in [3.63, 3.8) is 0 Å². The molecular weight excluding hydrogens is 274 g/mol. The molecule has 2 aliphatic rings. The zero-order valence-corrected chi connectivity index (χ0v) is 13.5. The van der Waals surface area contributed by atoms with Crippen LogP contribution in [0.4, 0.5) is 0 Å². The van der Waals surface area contributed by atoms with Gasteiger partial charge in [-0.15, -0.1) is 0 Å². The quantitative estimate of drug-likeness (QED) is 0.868. The summed E-state index contributed by atoms with van der Waals surface area (Å²) in [7, 11) is 1.71. The second kappa shape index (κ2) is 5.82. The molecule has 1 aromatic carbocycles. The van der Waals surface area contributed by atoms with E-state index in [4.69, 9.17) is 9.73 Å². The number of aliphatic imine (C=N–C) groups is 1. The van der Waals surface area contributed by atoms with E-state index in [0.717, 1.165) is 22.4 Å². The normalized spacial score (nSPS) is 26.1. The molecule has 1 aromatic rings. The summed E-state index contributed by atoms with van der Waals surface area (Å²) < 4.78 is 5.35. The number of allylic oxidation sites excluding steroid dienone is 1. The van der Waals surface area contributed by atoms with Crippen molar-refractivity contribution >= 4 is 5.71 Å². The molecule has 0 spiro atoms. The molecule has 22 heavy (non-hydrogen) atoms. The number of aliphatic hydroxyl groups is 1. The lowest BCUT2D eigenvalue weighted by atomic mass is 9.79. The molecule has 0 fully saturated rings. The molecule has 3 atom stereocenters. The molecule has 1 heterocycles. The number of rotatable bonds is 4. The van der Waals surface area contributed by atoms with E-state index in [1.807, 2.05) is 6.92 Å². The third-order valence-electron chi connectivity index (χ3n) is 4.63. The lowest BCUT2D eigenvalue weighted by Gasteiger charge is -2.31. The van der Waals surface area contributed by atoms with Gasteiger partial charge in [0.15, 0.2) is 0 Å². The highest BCUT2D eigenvalue weighted by atomic mass is 16.5. The molecule has 3 unspecified atom stereocenters. The van der Waals surface area contributed by atoms with Crippen molar-refractivity contribution < 1.29 is 9.84 Å². The molecule has 3 rings (SSSR count). The van der Waals surface area contributed by atoms with Gasteiger partial charge in [0.05, 0.1) is 25.0 Å². The molecule has 1 aliphatic carbocycles. The first-order valence-corrected chi connectivity index (χ1v) is 7.71. The van der Waals surface area contributed by atoms with Gasteiger partial charge in [-0.1, -0.05) is 30.4 Å². The molecule has 0 radical (unpaired) electrons. The van der Waals surface area contributed by atoms with Crippen LogP contribution in [0.15, 0.2) is 47.0 Å². The minimum absolute atomic E-state index is 0.0760. The van der Waals surface area contributed by atoms with Crippen LogP contribution in [0.5, 0.6) is 0 Å². The van der Waals surface area contributed by atoms with Crippen LogP contribution < -0.4 is 0 Å². The number of ether oxygens (including phenoxy) is 1. The van der Waals surface area contributed by atoms with Crippen molar-refractivity contribution in [2.45, 2.75) is 25.8 Å². The standard InChI is InChI=1S/C19H23NO2/c1-11(2)18-16-7-12(3)5-6-15(16)17-13(9-21)8-14(10-22-4)19(17)20-18/h5-8,14,17,19,21H,1,9-10H2,2-4H3. The van der Waals surface area contributed by atoms with E-state index < -0.39 is 0 Å². The Kier molecular flexibility index (Phi) is 4.02. The fourth-order valence-electron chi connectivity index (χ4n) is 3.69. The van der Waals surface area contributed by atoms with Gasteiger partial charge >= 0.3 is 0 Å². The number of hydrogen-bond acceptors (Lipinski definition) is 3. The highest BCUT2D eigenvalue weighted by molar-refractivity contribution is 6.14. The molecule has 0 amide bonds. The van der Waals surface area contributed by atoms with Crippen LogP contribution >= 0.6 is 0 Å². The summed E-state index contributed by atoms with van der Waals surface area (Å²) in [5, 5.41) is 9.77. The van der Waals surface area contributed by atoms with Crippen molar-refractivity contribution in [3.05, 3.63) is 58.7 Å². The Morgan fingerprint density at radius 3 is 2.82 bits per heavy atom. The number of benzene rings is 1. The Morgan fingerprint density at radius 2 is 2.18 bits per heavy atom.